The number of hydrogen-bond donors (Lipinski definition) is 0. The Balaban J connectivity index is 2.43. The smallest absolute Gasteiger partial charge is 0.497 e. The Labute approximate surface area is 122 Å². The van der Waals surface area contributed by atoms with Gasteiger partial charge in [-0.25, -0.2) is 0 Å². The lowest BCUT2D eigenvalue weighted by molar-refractivity contribution is 0.00578. The van der Waals surface area contributed by atoms with Crippen LogP contribution in [0.2, 0.25) is 0 Å². The first-order chi connectivity index (χ1) is 9.18. The highest BCUT2D eigenvalue weighted by atomic mass is 16.7. The number of rotatable bonds is 3. The first kappa shape index (κ1) is 15.1. The van der Waals surface area contributed by atoms with Gasteiger partial charge in [0.15, 0.2) is 0 Å². The van der Waals surface area contributed by atoms with E-state index in [1.165, 1.54) is 0 Å². The standard InChI is InChI=1S/C16H23BO3/c1-11(2)12-8-9-14(18-7)13(10-12)17-19-15(3,4)16(5,6)20-17/h8-10H,1H2,2-7H3. The third-order valence-corrected chi connectivity index (χ3v) is 4.23. The van der Waals surface area contributed by atoms with E-state index in [2.05, 4.69) is 6.58 Å². The zero-order valence-corrected chi connectivity index (χ0v) is 13.2. The van der Waals surface area contributed by atoms with Gasteiger partial charge < -0.3 is 14.0 Å². The zero-order valence-electron chi connectivity index (χ0n) is 13.2. The first-order valence-corrected chi connectivity index (χ1v) is 6.87. The molecule has 0 unspecified atom stereocenters. The van der Waals surface area contributed by atoms with E-state index in [0.29, 0.717) is 0 Å². The number of methoxy groups -OCH3 is 1. The summed E-state index contributed by atoms with van der Waals surface area (Å²) in [6, 6.07) is 5.96. The lowest BCUT2D eigenvalue weighted by atomic mass is 9.77. The van der Waals surface area contributed by atoms with Crippen molar-refractivity contribution >= 4 is 18.2 Å². The van der Waals surface area contributed by atoms with E-state index in [9.17, 15) is 0 Å². The molecule has 3 nitrogen and oxygen atoms in total. The molecule has 4 heteroatoms. The summed E-state index contributed by atoms with van der Waals surface area (Å²) in [5.41, 5.74) is 2.26. The number of hydrogen-bond acceptors (Lipinski definition) is 3. The van der Waals surface area contributed by atoms with Crippen molar-refractivity contribution in [3.63, 3.8) is 0 Å². The summed E-state index contributed by atoms with van der Waals surface area (Å²) in [5.74, 6) is 0.772. The molecule has 0 aliphatic carbocycles. The molecule has 0 atom stereocenters. The Bertz CT molecular complexity index is 519. The molecule has 1 fully saturated rings. The molecule has 0 radical (unpaired) electrons. The molecule has 0 amide bonds. The fourth-order valence-electron chi connectivity index (χ4n) is 2.15. The number of ether oxygens (including phenoxy) is 1. The molecule has 1 aromatic rings. The predicted molar refractivity (Wildman–Crippen MR) is 83.4 cm³/mol. The minimum atomic E-state index is -0.422. The summed E-state index contributed by atoms with van der Waals surface area (Å²) in [7, 11) is 1.24. The average Bonchev–Trinajstić information content (AvgIpc) is 2.57. The molecule has 0 spiro atoms. The van der Waals surface area contributed by atoms with E-state index in [-0.39, 0.29) is 11.2 Å². The highest BCUT2D eigenvalue weighted by molar-refractivity contribution is 6.63. The highest BCUT2D eigenvalue weighted by Crippen LogP contribution is 2.37. The van der Waals surface area contributed by atoms with Crippen LogP contribution in [-0.4, -0.2) is 25.4 Å². The second-order valence-corrected chi connectivity index (χ2v) is 6.33. The quantitative estimate of drug-likeness (QED) is 0.793. The van der Waals surface area contributed by atoms with Crippen molar-refractivity contribution in [3.8, 4) is 5.75 Å². The molecule has 1 heterocycles. The van der Waals surface area contributed by atoms with E-state index in [4.69, 9.17) is 14.0 Å². The third-order valence-electron chi connectivity index (χ3n) is 4.23. The Hall–Kier alpha value is -1.26. The molecule has 0 saturated carbocycles. The molecule has 1 aliphatic rings. The maximum Gasteiger partial charge on any atom is 0.498 e. The van der Waals surface area contributed by atoms with Crippen LogP contribution in [0.4, 0.5) is 0 Å². The fourth-order valence-corrected chi connectivity index (χ4v) is 2.15. The molecule has 20 heavy (non-hydrogen) atoms. The summed E-state index contributed by atoms with van der Waals surface area (Å²) < 4.78 is 17.6. The largest absolute Gasteiger partial charge is 0.498 e. The summed E-state index contributed by atoms with van der Waals surface area (Å²) in [5, 5.41) is 0. The van der Waals surface area contributed by atoms with Gasteiger partial charge in [-0.1, -0.05) is 24.3 Å². The SMILES string of the molecule is C=C(C)c1ccc(OC)c(B2OC(C)(C)C(C)(C)O2)c1. The monoisotopic (exact) mass is 274 g/mol. The topological polar surface area (TPSA) is 27.7 Å². The van der Waals surface area contributed by atoms with Crippen molar-refractivity contribution < 1.29 is 14.0 Å². The van der Waals surface area contributed by atoms with Gasteiger partial charge in [-0.2, -0.15) is 0 Å². The highest BCUT2D eigenvalue weighted by Gasteiger charge is 2.52. The molecule has 1 aromatic carbocycles. The van der Waals surface area contributed by atoms with E-state index < -0.39 is 7.12 Å². The van der Waals surface area contributed by atoms with Gasteiger partial charge in [0, 0.05) is 5.46 Å². The second-order valence-electron chi connectivity index (χ2n) is 6.33. The Kier molecular flexibility index (Phi) is 3.74. The van der Waals surface area contributed by atoms with E-state index in [0.717, 1.165) is 22.3 Å². The molecule has 1 saturated heterocycles. The lowest BCUT2D eigenvalue weighted by Crippen LogP contribution is -2.41. The zero-order chi connectivity index (χ0) is 15.1. The average molecular weight is 274 g/mol. The van der Waals surface area contributed by atoms with Crippen LogP contribution < -0.4 is 10.2 Å². The van der Waals surface area contributed by atoms with Crippen molar-refractivity contribution in [2.45, 2.75) is 45.8 Å². The summed E-state index contributed by atoms with van der Waals surface area (Å²) in [4.78, 5) is 0. The minimum Gasteiger partial charge on any atom is -0.497 e. The van der Waals surface area contributed by atoms with Crippen LogP contribution in [0.25, 0.3) is 5.57 Å². The van der Waals surface area contributed by atoms with Gasteiger partial charge in [0.05, 0.1) is 18.3 Å². The van der Waals surface area contributed by atoms with Crippen LogP contribution in [0.1, 0.15) is 40.2 Å². The van der Waals surface area contributed by atoms with Crippen molar-refractivity contribution in [1.29, 1.82) is 0 Å². The maximum atomic E-state index is 6.10. The van der Waals surface area contributed by atoms with Crippen molar-refractivity contribution in [1.82, 2.24) is 0 Å². The molecule has 2 rings (SSSR count). The van der Waals surface area contributed by atoms with Crippen LogP contribution in [0.3, 0.4) is 0 Å². The van der Waals surface area contributed by atoms with Gasteiger partial charge in [-0.05, 0) is 46.2 Å². The van der Waals surface area contributed by atoms with Crippen molar-refractivity contribution in [2.75, 3.05) is 7.11 Å². The van der Waals surface area contributed by atoms with E-state index in [1.54, 1.807) is 7.11 Å². The van der Waals surface area contributed by atoms with E-state index >= 15 is 0 Å². The van der Waals surface area contributed by atoms with E-state index in [1.807, 2.05) is 52.8 Å². The number of allylic oxidation sites excluding steroid dienone is 1. The number of benzene rings is 1. The Morgan fingerprint density at radius 2 is 1.70 bits per heavy atom. The lowest BCUT2D eigenvalue weighted by Gasteiger charge is -2.32. The van der Waals surface area contributed by atoms with Crippen LogP contribution in [0, 0.1) is 0 Å². The molecule has 0 aromatic heterocycles. The molecule has 0 N–H and O–H groups in total. The van der Waals surface area contributed by atoms with Gasteiger partial charge in [0.25, 0.3) is 0 Å². The molecule has 0 bridgehead atoms. The van der Waals surface area contributed by atoms with Crippen molar-refractivity contribution in [3.05, 3.63) is 30.3 Å². The normalized spacial score (nSPS) is 20.0. The van der Waals surface area contributed by atoms with Gasteiger partial charge in [0.1, 0.15) is 5.75 Å². The maximum absolute atomic E-state index is 6.10. The van der Waals surface area contributed by atoms with Crippen LogP contribution in [0.5, 0.6) is 5.75 Å². The fraction of sp³-hybridized carbons (Fsp3) is 0.500. The predicted octanol–water partition coefficient (Wildman–Crippen LogP) is 3.03. The summed E-state index contributed by atoms with van der Waals surface area (Å²) in [6.45, 7) is 14.1. The Morgan fingerprint density at radius 3 is 2.15 bits per heavy atom. The summed E-state index contributed by atoms with van der Waals surface area (Å²) >= 11 is 0. The second kappa shape index (κ2) is 4.94. The molecular formula is C16H23BO3. The van der Waals surface area contributed by atoms with Gasteiger partial charge in [-0.15, -0.1) is 0 Å². The van der Waals surface area contributed by atoms with Gasteiger partial charge >= 0.3 is 7.12 Å². The summed E-state index contributed by atoms with van der Waals surface area (Å²) in [6.07, 6.45) is 0. The third kappa shape index (κ3) is 2.50. The van der Waals surface area contributed by atoms with Crippen LogP contribution in [-0.2, 0) is 9.31 Å². The van der Waals surface area contributed by atoms with Gasteiger partial charge in [0.2, 0.25) is 0 Å². The molecule has 108 valence electrons. The van der Waals surface area contributed by atoms with Crippen LogP contribution >= 0.6 is 0 Å². The Morgan fingerprint density at radius 1 is 1.15 bits per heavy atom. The van der Waals surface area contributed by atoms with Crippen LogP contribution in [0.15, 0.2) is 24.8 Å². The van der Waals surface area contributed by atoms with Gasteiger partial charge in [-0.3, -0.25) is 0 Å². The minimum absolute atomic E-state index is 0.359. The molecular weight excluding hydrogens is 251 g/mol. The van der Waals surface area contributed by atoms with Crippen molar-refractivity contribution in [2.24, 2.45) is 0 Å². The molecule has 1 aliphatic heterocycles. The first-order valence-electron chi connectivity index (χ1n) is 6.87.